The molecular weight excluding hydrogens is 258 g/mol. The van der Waals surface area contributed by atoms with Crippen molar-refractivity contribution >= 4 is 0 Å². The highest BCUT2D eigenvalue weighted by molar-refractivity contribution is 5.38. The van der Waals surface area contributed by atoms with Crippen LogP contribution in [0.3, 0.4) is 0 Å². The smallest absolute Gasteiger partial charge is 0.120 e. The van der Waals surface area contributed by atoms with Crippen LogP contribution < -0.4 is 5.32 Å². The van der Waals surface area contributed by atoms with Crippen LogP contribution in [0, 0.1) is 13.8 Å². The Hall–Kier alpha value is -1.80. The minimum Gasteiger partial charge on any atom is -0.508 e. The Morgan fingerprint density at radius 2 is 1.62 bits per heavy atom. The SMILES string of the molecule is CCC(NC(C)c1cc(C)ccc1O)c1ccc(C)cc1. The summed E-state index contributed by atoms with van der Waals surface area (Å²) in [5.41, 5.74) is 4.69. The molecule has 2 aromatic rings. The highest BCUT2D eigenvalue weighted by Crippen LogP contribution is 2.28. The zero-order valence-electron chi connectivity index (χ0n) is 13.4. The van der Waals surface area contributed by atoms with Gasteiger partial charge >= 0.3 is 0 Å². The van der Waals surface area contributed by atoms with Crippen molar-refractivity contribution < 1.29 is 5.11 Å². The molecular formula is C19H25NO. The van der Waals surface area contributed by atoms with Crippen molar-refractivity contribution in [2.75, 3.05) is 0 Å². The number of hydrogen-bond acceptors (Lipinski definition) is 2. The number of aromatic hydroxyl groups is 1. The molecule has 0 saturated carbocycles. The number of nitrogens with one attached hydrogen (secondary N) is 1. The monoisotopic (exact) mass is 283 g/mol. The Morgan fingerprint density at radius 1 is 1.00 bits per heavy atom. The summed E-state index contributed by atoms with van der Waals surface area (Å²) in [7, 11) is 0. The topological polar surface area (TPSA) is 32.3 Å². The average Bonchev–Trinajstić information content (AvgIpc) is 2.48. The van der Waals surface area contributed by atoms with Gasteiger partial charge in [-0.05, 0) is 38.8 Å². The van der Waals surface area contributed by atoms with Gasteiger partial charge in [-0.1, -0.05) is 54.4 Å². The van der Waals surface area contributed by atoms with Crippen molar-refractivity contribution in [3.05, 3.63) is 64.7 Å². The summed E-state index contributed by atoms with van der Waals surface area (Å²) in [6, 6.07) is 14.8. The van der Waals surface area contributed by atoms with Gasteiger partial charge in [-0.3, -0.25) is 0 Å². The molecule has 0 fully saturated rings. The molecule has 2 aromatic carbocycles. The fourth-order valence-corrected chi connectivity index (χ4v) is 2.66. The molecule has 0 aliphatic rings. The fraction of sp³-hybridized carbons (Fsp3) is 0.368. The number of phenolic OH excluding ortho intramolecular Hbond substituents is 1. The molecule has 2 unspecified atom stereocenters. The van der Waals surface area contributed by atoms with E-state index in [1.54, 1.807) is 6.07 Å². The first kappa shape index (κ1) is 15.6. The largest absolute Gasteiger partial charge is 0.508 e. The van der Waals surface area contributed by atoms with Crippen molar-refractivity contribution in [1.82, 2.24) is 5.32 Å². The molecule has 0 bridgehead atoms. The minimum atomic E-state index is 0.108. The first-order chi connectivity index (χ1) is 10.0. The van der Waals surface area contributed by atoms with Crippen LogP contribution in [-0.4, -0.2) is 5.11 Å². The van der Waals surface area contributed by atoms with E-state index in [0.29, 0.717) is 11.8 Å². The molecule has 0 amide bonds. The predicted molar refractivity (Wildman–Crippen MR) is 88.6 cm³/mol. The third kappa shape index (κ3) is 3.85. The quantitative estimate of drug-likeness (QED) is 0.825. The molecule has 0 aliphatic carbocycles. The lowest BCUT2D eigenvalue weighted by Crippen LogP contribution is -2.24. The summed E-state index contributed by atoms with van der Waals surface area (Å²) in [6.45, 7) is 8.43. The van der Waals surface area contributed by atoms with Crippen LogP contribution in [0.1, 0.15) is 54.6 Å². The maximum absolute atomic E-state index is 10.1. The number of benzene rings is 2. The van der Waals surface area contributed by atoms with Crippen LogP contribution in [-0.2, 0) is 0 Å². The van der Waals surface area contributed by atoms with Crippen molar-refractivity contribution in [1.29, 1.82) is 0 Å². The Labute approximate surface area is 127 Å². The summed E-state index contributed by atoms with van der Waals surface area (Å²) in [6.07, 6.45) is 1.01. The normalized spacial score (nSPS) is 13.9. The van der Waals surface area contributed by atoms with Crippen molar-refractivity contribution in [3.63, 3.8) is 0 Å². The van der Waals surface area contributed by atoms with E-state index in [2.05, 4.69) is 56.4 Å². The number of hydrogen-bond donors (Lipinski definition) is 2. The van der Waals surface area contributed by atoms with Gasteiger partial charge in [-0.15, -0.1) is 0 Å². The Balaban J connectivity index is 2.17. The van der Waals surface area contributed by atoms with Gasteiger partial charge in [0.25, 0.3) is 0 Å². The molecule has 0 heterocycles. The molecule has 0 aliphatic heterocycles. The third-order valence-electron chi connectivity index (χ3n) is 3.99. The zero-order chi connectivity index (χ0) is 15.4. The molecule has 2 atom stereocenters. The third-order valence-corrected chi connectivity index (χ3v) is 3.99. The zero-order valence-corrected chi connectivity index (χ0v) is 13.4. The van der Waals surface area contributed by atoms with Gasteiger partial charge < -0.3 is 10.4 Å². The van der Waals surface area contributed by atoms with E-state index >= 15 is 0 Å². The molecule has 2 rings (SSSR count). The van der Waals surface area contributed by atoms with Crippen LogP contribution in [0.5, 0.6) is 5.75 Å². The summed E-state index contributed by atoms with van der Waals surface area (Å²) in [5.74, 6) is 0.361. The Kier molecular flexibility index (Phi) is 5.03. The second-order valence-corrected chi connectivity index (χ2v) is 5.82. The highest BCUT2D eigenvalue weighted by Gasteiger charge is 2.16. The number of phenols is 1. The van der Waals surface area contributed by atoms with Gasteiger partial charge in [0.2, 0.25) is 0 Å². The van der Waals surface area contributed by atoms with Crippen molar-refractivity contribution in [3.8, 4) is 5.75 Å². The number of rotatable bonds is 5. The summed E-state index contributed by atoms with van der Waals surface area (Å²) >= 11 is 0. The van der Waals surface area contributed by atoms with E-state index in [-0.39, 0.29) is 6.04 Å². The van der Waals surface area contributed by atoms with Crippen molar-refractivity contribution in [2.45, 2.75) is 46.2 Å². The Morgan fingerprint density at radius 3 is 2.24 bits per heavy atom. The van der Waals surface area contributed by atoms with Crippen molar-refractivity contribution in [2.24, 2.45) is 0 Å². The molecule has 2 N–H and O–H groups in total. The van der Waals surface area contributed by atoms with Gasteiger partial charge in [0.15, 0.2) is 0 Å². The lowest BCUT2D eigenvalue weighted by molar-refractivity contribution is 0.424. The minimum absolute atomic E-state index is 0.108. The molecule has 0 saturated heterocycles. The predicted octanol–water partition coefficient (Wildman–Crippen LogP) is 4.81. The molecule has 112 valence electrons. The van der Waals surface area contributed by atoms with E-state index in [0.717, 1.165) is 12.0 Å². The molecule has 0 spiro atoms. The van der Waals surface area contributed by atoms with E-state index < -0.39 is 0 Å². The maximum Gasteiger partial charge on any atom is 0.120 e. The maximum atomic E-state index is 10.1. The van der Waals surface area contributed by atoms with Gasteiger partial charge in [-0.25, -0.2) is 0 Å². The lowest BCUT2D eigenvalue weighted by Gasteiger charge is -2.24. The second kappa shape index (κ2) is 6.77. The molecule has 2 heteroatoms. The first-order valence-corrected chi connectivity index (χ1v) is 7.63. The van der Waals surface area contributed by atoms with Crippen LogP contribution in [0.25, 0.3) is 0 Å². The standard InChI is InChI=1S/C19H25NO/c1-5-18(16-9-6-13(2)7-10-16)20-15(4)17-12-14(3)8-11-19(17)21/h6-12,15,18,20-21H,5H2,1-4H3. The fourth-order valence-electron chi connectivity index (χ4n) is 2.66. The lowest BCUT2D eigenvalue weighted by atomic mass is 9.99. The first-order valence-electron chi connectivity index (χ1n) is 7.63. The van der Waals surface area contributed by atoms with E-state index in [1.165, 1.54) is 16.7 Å². The van der Waals surface area contributed by atoms with Crippen LogP contribution in [0.15, 0.2) is 42.5 Å². The van der Waals surface area contributed by atoms with Gasteiger partial charge in [0, 0.05) is 17.6 Å². The molecule has 21 heavy (non-hydrogen) atoms. The van der Waals surface area contributed by atoms with Gasteiger partial charge in [0.1, 0.15) is 5.75 Å². The second-order valence-electron chi connectivity index (χ2n) is 5.82. The summed E-state index contributed by atoms with van der Waals surface area (Å²) < 4.78 is 0. The summed E-state index contributed by atoms with van der Waals surface area (Å²) in [4.78, 5) is 0. The van der Waals surface area contributed by atoms with Gasteiger partial charge in [0.05, 0.1) is 0 Å². The molecule has 0 aromatic heterocycles. The van der Waals surface area contributed by atoms with Gasteiger partial charge in [-0.2, -0.15) is 0 Å². The van der Waals surface area contributed by atoms with Crippen LogP contribution in [0.2, 0.25) is 0 Å². The van der Waals surface area contributed by atoms with Crippen LogP contribution in [0.4, 0.5) is 0 Å². The Bertz CT molecular complexity index is 589. The molecule has 0 radical (unpaired) electrons. The average molecular weight is 283 g/mol. The highest BCUT2D eigenvalue weighted by atomic mass is 16.3. The molecule has 2 nitrogen and oxygen atoms in total. The van der Waals surface area contributed by atoms with E-state index in [9.17, 15) is 5.11 Å². The van der Waals surface area contributed by atoms with E-state index in [4.69, 9.17) is 0 Å². The van der Waals surface area contributed by atoms with Crippen LogP contribution >= 0.6 is 0 Å². The summed E-state index contributed by atoms with van der Waals surface area (Å²) in [5, 5.41) is 13.7. The number of aryl methyl sites for hydroxylation is 2. The van der Waals surface area contributed by atoms with E-state index in [1.807, 2.05) is 13.0 Å².